The summed E-state index contributed by atoms with van der Waals surface area (Å²) in [5.74, 6) is -0.601. The third-order valence-corrected chi connectivity index (χ3v) is 4.70. The molecule has 1 heterocycles. The van der Waals surface area contributed by atoms with Gasteiger partial charge in [0.1, 0.15) is 0 Å². The maximum atomic E-state index is 12.8. The van der Waals surface area contributed by atoms with Crippen LogP contribution in [0.2, 0.25) is 4.34 Å². The molecule has 140 valence electrons. The number of hydrogen-bond acceptors (Lipinski definition) is 5. The Morgan fingerprint density at radius 2 is 1.92 bits per heavy atom. The third-order valence-electron chi connectivity index (χ3n) is 3.49. The lowest BCUT2D eigenvalue weighted by Gasteiger charge is -2.21. The molecule has 0 atom stereocenters. The van der Waals surface area contributed by atoms with E-state index in [2.05, 4.69) is 0 Å². The molecule has 1 aromatic heterocycles. The number of carbonyl (C=O) groups is 2. The normalized spacial score (nSPS) is 10.4. The smallest absolute Gasteiger partial charge is 0.341 e. The summed E-state index contributed by atoms with van der Waals surface area (Å²) in [4.78, 5) is 26.2. The maximum Gasteiger partial charge on any atom is 0.341 e. The molecule has 0 fully saturated rings. The number of thiophene rings is 1. The van der Waals surface area contributed by atoms with Crippen LogP contribution in [0, 0.1) is 0 Å². The fourth-order valence-corrected chi connectivity index (χ4v) is 3.41. The quantitative estimate of drug-likeness (QED) is 0.693. The van der Waals surface area contributed by atoms with Gasteiger partial charge < -0.3 is 19.5 Å². The Morgan fingerprint density at radius 3 is 2.50 bits per heavy atom. The van der Waals surface area contributed by atoms with Crippen molar-refractivity contribution in [2.45, 2.75) is 20.4 Å². The minimum Gasteiger partial charge on any atom is -0.490 e. The van der Waals surface area contributed by atoms with Gasteiger partial charge >= 0.3 is 5.97 Å². The monoisotopic (exact) mass is 397 g/mol. The molecular formula is C18H20ClNO5S. The van der Waals surface area contributed by atoms with Crippen molar-refractivity contribution in [1.29, 1.82) is 0 Å². The number of carbonyl (C=O) groups excluding carboxylic acids is 1. The van der Waals surface area contributed by atoms with Gasteiger partial charge in [0.25, 0.3) is 5.91 Å². The zero-order valence-corrected chi connectivity index (χ0v) is 16.1. The molecule has 6 nitrogen and oxygen atoms in total. The average Bonchev–Trinajstić information content (AvgIpc) is 3.03. The minimum atomic E-state index is -1.08. The zero-order valence-electron chi connectivity index (χ0n) is 14.5. The number of halogens is 1. The lowest BCUT2D eigenvalue weighted by atomic mass is 10.1. The van der Waals surface area contributed by atoms with E-state index in [1.807, 2.05) is 19.1 Å². The lowest BCUT2D eigenvalue weighted by molar-refractivity contribution is -0.139. The molecule has 1 N–H and O–H groups in total. The standard InChI is InChI=1S/C18H20ClNO5S/c1-3-20(10-13-6-8-16(19)26-13)18(23)12-5-7-14(25-11-17(21)22)15(9-12)24-4-2/h5-9H,3-4,10-11H2,1-2H3,(H,21,22). The number of rotatable bonds is 9. The summed E-state index contributed by atoms with van der Waals surface area (Å²) in [5, 5.41) is 8.75. The molecule has 0 aliphatic heterocycles. The molecule has 0 radical (unpaired) electrons. The topological polar surface area (TPSA) is 76.1 Å². The number of aliphatic carboxylic acids is 1. The Bertz CT molecular complexity index is 777. The van der Waals surface area contributed by atoms with E-state index in [1.54, 1.807) is 30.0 Å². The van der Waals surface area contributed by atoms with Crippen LogP contribution in [-0.2, 0) is 11.3 Å². The second-order valence-corrected chi connectivity index (χ2v) is 7.10. The van der Waals surface area contributed by atoms with Crippen LogP contribution in [0.1, 0.15) is 29.1 Å². The fourth-order valence-electron chi connectivity index (χ4n) is 2.30. The molecule has 2 rings (SSSR count). The highest BCUT2D eigenvalue weighted by atomic mass is 35.5. The molecule has 0 aliphatic rings. The highest BCUT2D eigenvalue weighted by molar-refractivity contribution is 7.16. The molecule has 0 bridgehead atoms. The molecule has 8 heteroatoms. The van der Waals surface area contributed by atoms with E-state index < -0.39 is 12.6 Å². The van der Waals surface area contributed by atoms with Crippen LogP contribution in [0.15, 0.2) is 30.3 Å². The first-order valence-corrected chi connectivity index (χ1v) is 9.29. The first-order chi connectivity index (χ1) is 12.4. The lowest BCUT2D eigenvalue weighted by Crippen LogP contribution is -2.30. The van der Waals surface area contributed by atoms with Crippen molar-refractivity contribution in [1.82, 2.24) is 4.90 Å². The number of benzene rings is 1. The maximum absolute atomic E-state index is 12.8. The first kappa shape index (κ1) is 20.1. The summed E-state index contributed by atoms with van der Waals surface area (Å²) in [5.41, 5.74) is 0.445. The molecule has 0 unspecified atom stereocenters. The largest absolute Gasteiger partial charge is 0.490 e. The summed E-state index contributed by atoms with van der Waals surface area (Å²) in [7, 11) is 0. The summed E-state index contributed by atoms with van der Waals surface area (Å²) in [6, 6.07) is 8.44. The van der Waals surface area contributed by atoms with Crippen molar-refractivity contribution >= 4 is 34.8 Å². The molecule has 1 aromatic carbocycles. The summed E-state index contributed by atoms with van der Waals surface area (Å²) >= 11 is 7.39. The highest BCUT2D eigenvalue weighted by Crippen LogP contribution is 2.29. The van der Waals surface area contributed by atoms with Gasteiger partial charge in [-0.05, 0) is 44.2 Å². The molecule has 2 aromatic rings. The van der Waals surface area contributed by atoms with E-state index in [0.29, 0.717) is 41.1 Å². The van der Waals surface area contributed by atoms with E-state index in [1.165, 1.54) is 11.3 Å². The van der Waals surface area contributed by atoms with Crippen LogP contribution in [0.5, 0.6) is 11.5 Å². The number of nitrogens with zero attached hydrogens (tertiary/aromatic N) is 1. The molecule has 0 saturated carbocycles. The number of amides is 1. The second-order valence-electron chi connectivity index (χ2n) is 5.30. The van der Waals surface area contributed by atoms with Crippen LogP contribution in [0.25, 0.3) is 0 Å². The Labute approximate surface area is 160 Å². The predicted molar refractivity (Wildman–Crippen MR) is 100 cm³/mol. The van der Waals surface area contributed by atoms with Crippen molar-refractivity contribution in [2.24, 2.45) is 0 Å². The second kappa shape index (κ2) is 9.45. The summed E-state index contributed by atoms with van der Waals surface area (Å²) in [6.45, 7) is 4.60. The predicted octanol–water partition coefficient (Wildman–Crippen LogP) is 3.93. The Hall–Kier alpha value is -2.25. The van der Waals surface area contributed by atoms with E-state index in [-0.39, 0.29) is 5.91 Å². The number of hydrogen-bond donors (Lipinski definition) is 1. The first-order valence-electron chi connectivity index (χ1n) is 8.09. The van der Waals surface area contributed by atoms with Crippen molar-refractivity contribution in [3.8, 4) is 11.5 Å². The Morgan fingerprint density at radius 1 is 1.15 bits per heavy atom. The van der Waals surface area contributed by atoms with E-state index in [4.69, 9.17) is 26.2 Å². The van der Waals surface area contributed by atoms with Gasteiger partial charge in [-0.15, -0.1) is 11.3 Å². The molecule has 26 heavy (non-hydrogen) atoms. The van der Waals surface area contributed by atoms with Gasteiger partial charge in [0.2, 0.25) is 0 Å². The van der Waals surface area contributed by atoms with Gasteiger partial charge in [0.05, 0.1) is 17.5 Å². The van der Waals surface area contributed by atoms with Crippen LogP contribution in [0.3, 0.4) is 0 Å². The third kappa shape index (κ3) is 5.37. The number of carboxylic acids is 1. The average molecular weight is 398 g/mol. The van der Waals surface area contributed by atoms with E-state index in [9.17, 15) is 9.59 Å². The van der Waals surface area contributed by atoms with Crippen LogP contribution < -0.4 is 9.47 Å². The van der Waals surface area contributed by atoms with Crippen LogP contribution in [-0.4, -0.2) is 41.6 Å². The summed E-state index contributed by atoms with van der Waals surface area (Å²) in [6.07, 6.45) is 0. The van der Waals surface area contributed by atoms with Crippen LogP contribution >= 0.6 is 22.9 Å². The van der Waals surface area contributed by atoms with Crippen molar-refractivity contribution in [2.75, 3.05) is 19.8 Å². The van der Waals surface area contributed by atoms with Crippen molar-refractivity contribution in [3.63, 3.8) is 0 Å². The SMILES string of the molecule is CCOc1cc(C(=O)N(CC)Cc2ccc(Cl)s2)ccc1OCC(=O)O. The number of carboxylic acid groups (broad SMARTS) is 1. The molecular weight excluding hydrogens is 378 g/mol. The zero-order chi connectivity index (χ0) is 19.1. The van der Waals surface area contributed by atoms with Crippen molar-refractivity contribution < 1.29 is 24.2 Å². The van der Waals surface area contributed by atoms with Gasteiger partial charge in [-0.25, -0.2) is 4.79 Å². The van der Waals surface area contributed by atoms with E-state index in [0.717, 1.165) is 4.88 Å². The van der Waals surface area contributed by atoms with Gasteiger partial charge in [0.15, 0.2) is 18.1 Å². The molecule has 1 amide bonds. The highest BCUT2D eigenvalue weighted by Gasteiger charge is 2.18. The molecule has 0 spiro atoms. The van der Waals surface area contributed by atoms with Gasteiger partial charge in [-0.3, -0.25) is 4.79 Å². The summed E-state index contributed by atoms with van der Waals surface area (Å²) < 4.78 is 11.4. The number of ether oxygens (including phenoxy) is 2. The van der Waals surface area contributed by atoms with Gasteiger partial charge in [0, 0.05) is 17.0 Å². The van der Waals surface area contributed by atoms with Gasteiger partial charge in [-0.2, -0.15) is 0 Å². The van der Waals surface area contributed by atoms with Gasteiger partial charge in [-0.1, -0.05) is 11.6 Å². The molecule has 0 aliphatic carbocycles. The Kier molecular flexibility index (Phi) is 7.29. The minimum absolute atomic E-state index is 0.150. The van der Waals surface area contributed by atoms with Crippen molar-refractivity contribution in [3.05, 3.63) is 45.1 Å². The molecule has 0 saturated heterocycles. The van der Waals surface area contributed by atoms with Crippen LogP contribution in [0.4, 0.5) is 0 Å². The van der Waals surface area contributed by atoms with E-state index >= 15 is 0 Å². The Balaban J connectivity index is 2.20. The fraction of sp³-hybridized carbons (Fsp3) is 0.333.